The van der Waals surface area contributed by atoms with E-state index in [2.05, 4.69) is 0 Å². The minimum atomic E-state index is -0.600. The van der Waals surface area contributed by atoms with Crippen LogP contribution in [-0.2, 0) is 9.59 Å². The molecule has 0 saturated carbocycles. The smallest absolute Gasteiger partial charge is 0.293 e. The molecule has 5 nitrogen and oxygen atoms in total. The topological polar surface area (TPSA) is 55.8 Å². The predicted molar refractivity (Wildman–Crippen MR) is 63.6 cm³/mol. The molecule has 0 unspecified atom stereocenters. The molecule has 17 heavy (non-hydrogen) atoms. The summed E-state index contributed by atoms with van der Waals surface area (Å²) in [6, 6.07) is 5.03. The van der Waals surface area contributed by atoms with Crippen LogP contribution in [0.15, 0.2) is 18.2 Å². The minimum absolute atomic E-state index is 0.493. The van der Waals surface area contributed by atoms with Gasteiger partial charge in [-0.05, 0) is 12.1 Å². The average molecular weight is 237 g/mol. The molecule has 0 radical (unpaired) electrons. The second-order valence-corrected chi connectivity index (χ2v) is 3.46. The molecule has 0 saturated heterocycles. The van der Waals surface area contributed by atoms with Gasteiger partial charge in [0.2, 0.25) is 5.78 Å². The number of hydrogen-bond donors (Lipinski definition) is 0. The summed E-state index contributed by atoms with van der Waals surface area (Å²) < 4.78 is 10.2. The van der Waals surface area contributed by atoms with Crippen molar-refractivity contribution in [1.29, 1.82) is 0 Å². The SMILES string of the molecule is COc1ccc(OC)c(N(C)C(=O)C(C)=O)c1. The van der Waals surface area contributed by atoms with Gasteiger partial charge >= 0.3 is 0 Å². The van der Waals surface area contributed by atoms with E-state index in [1.807, 2.05) is 0 Å². The van der Waals surface area contributed by atoms with Crippen LogP contribution in [0.1, 0.15) is 6.92 Å². The Balaban J connectivity index is 3.18. The van der Waals surface area contributed by atoms with Crippen molar-refractivity contribution in [1.82, 2.24) is 0 Å². The van der Waals surface area contributed by atoms with Gasteiger partial charge in [-0.25, -0.2) is 0 Å². The molecule has 0 atom stereocenters. The molecule has 0 aromatic heterocycles. The number of likely N-dealkylation sites (N-methyl/N-ethyl adjacent to an activating group) is 1. The van der Waals surface area contributed by atoms with Crippen molar-refractivity contribution in [3.8, 4) is 11.5 Å². The third-order valence-electron chi connectivity index (χ3n) is 2.35. The Bertz CT molecular complexity index is 442. The second-order valence-electron chi connectivity index (χ2n) is 3.46. The first-order chi connectivity index (χ1) is 8.01. The number of methoxy groups -OCH3 is 2. The normalized spacial score (nSPS) is 9.65. The molecule has 1 rings (SSSR count). The van der Waals surface area contributed by atoms with Gasteiger partial charge in [0.25, 0.3) is 5.91 Å². The van der Waals surface area contributed by atoms with E-state index in [0.717, 1.165) is 0 Å². The highest BCUT2D eigenvalue weighted by Crippen LogP contribution is 2.31. The highest BCUT2D eigenvalue weighted by molar-refractivity contribution is 6.40. The molecule has 1 aromatic carbocycles. The first kappa shape index (κ1) is 13.0. The van der Waals surface area contributed by atoms with Crippen molar-refractivity contribution < 1.29 is 19.1 Å². The number of carbonyl (C=O) groups is 2. The van der Waals surface area contributed by atoms with Crippen molar-refractivity contribution in [2.45, 2.75) is 6.92 Å². The monoisotopic (exact) mass is 237 g/mol. The summed E-state index contributed by atoms with van der Waals surface area (Å²) in [7, 11) is 4.54. The fourth-order valence-electron chi connectivity index (χ4n) is 1.40. The van der Waals surface area contributed by atoms with Gasteiger partial charge in [0.15, 0.2) is 0 Å². The van der Waals surface area contributed by atoms with E-state index in [1.54, 1.807) is 18.2 Å². The lowest BCUT2D eigenvalue weighted by Gasteiger charge is -2.19. The molecule has 0 heterocycles. The van der Waals surface area contributed by atoms with Crippen LogP contribution >= 0.6 is 0 Å². The largest absolute Gasteiger partial charge is 0.497 e. The molecule has 0 aliphatic carbocycles. The Kier molecular flexibility index (Phi) is 4.09. The van der Waals surface area contributed by atoms with Gasteiger partial charge in [-0.1, -0.05) is 0 Å². The van der Waals surface area contributed by atoms with Crippen LogP contribution in [-0.4, -0.2) is 33.0 Å². The summed E-state index contributed by atoms with van der Waals surface area (Å²) in [5.41, 5.74) is 0.493. The van der Waals surface area contributed by atoms with Gasteiger partial charge in [-0.2, -0.15) is 0 Å². The molecule has 0 bridgehead atoms. The standard InChI is InChI=1S/C12H15NO4/c1-8(14)12(15)13(2)10-7-9(16-3)5-6-11(10)17-4/h5-7H,1-4H3. The van der Waals surface area contributed by atoms with Gasteiger partial charge in [0, 0.05) is 20.0 Å². The zero-order valence-corrected chi connectivity index (χ0v) is 10.3. The summed E-state index contributed by atoms with van der Waals surface area (Å²) in [6.07, 6.45) is 0. The predicted octanol–water partition coefficient (Wildman–Crippen LogP) is 1.26. The van der Waals surface area contributed by atoms with E-state index in [-0.39, 0.29) is 0 Å². The Hall–Kier alpha value is -2.04. The average Bonchev–Trinajstić information content (AvgIpc) is 2.35. The van der Waals surface area contributed by atoms with Gasteiger partial charge in [0.05, 0.1) is 19.9 Å². The summed E-state index contributed by atoms with van der Waals surface area (Å²) in [4.78, 5) is 23.9. The summed E-state index contributed by atoms with van der Waals surface area (Å²) in [6.45, 7) is 1.23. The van der Waals surface area contributed by atoms with Crippen LogP contribution in [0, 0.1) is 0 Å². The van der Waals surface area contributed by atoms with Gasteiger partial charge in [0.1, 0.15) is 11.5 Å². The third-order valence-corrected chi connectivity index (χ3v) is 2.35. The van der Waals surface area contributed by atoms with E-state index in [1.165, 1.54) is 33.1 Å². The number of nitrogens with zero attached hydrogens (tertiary/aromatic N) is 1. The number of benzene rings is 1. The first-order valence-electron chi connectivity index (χ1n) is 5.02. The van der Waals surface area contributed by atoms with Gasteiger partial charge in [-0.15, -0.1) is 0 Å². The van der Waals surface area contributed by atoms with Crippen LogP contribution in [0.25, 0.3) is 0 Å². The van der Waals surface area contributed by atoms with E-state index in [4.69, 9.17) is 9.47 Å². The number of anilines is 1. The molecule has 0 spiro atoms. The summed E-state index contributed by atoms with van der Waals surface area (Å²) in [5.74, 6) is -0.0409. The number of carbonyl (C=O) groups excluding carboxylic acids is 2. The molecular weight excluding hydrogens is 222 g/mol. The summed E-state index contributed by atoms with van der Waals surface area (Å²) in [5, 5.41) is 0. The number of rotatable bonds is 4. The molecule has 92 valence electrons. The molecular formula is C12H15NO4. The lowest BCUT2D eigenvalue weighted by atomic mass is 10.2. The molecule has 0 fully saturated rings. The zero-order valence-electron chi connectivity index (χ0n) is 10.3. The number of ketones is 1. The van der Waals surface area contributed by atoms with E-state index in [0.29, 0.717) is 17.2 Å². The number of ether oxygens (including phenoxy) is 2. The van der Waals surface area contributed by atoms with Crippen molar-refractivity contribution in [2.75, 3.05) is 26.2 Å². The Morgan fingerprint density at radius 3 is 2.29 bits per heavy atom. The Labute approximate surface area is 99.9 Å². The number of amides is 1. The lowest BCUT2D eigenvalue weighted by molar-refractivity contribution is -0.134. The van der Waals surface area contributed by atoms with Crippen molar-refractivity contribution in [3.05, 3.63) is 18.2 Å². The number of Topliss-reactive ketones (excluding diaryl/α,β-unsaturated/α-hetero) is 1. The quantitative estimate of drug-likeness (QED) is 0.740. The molecule has 0 aliphatic heterocycles. The molecule has 0 N–H and O–H groups in total. The lowest BCUT2D eigenvalue weighted by Crippen LogP contribution is -2.31. The fraction of sp³-hybridized carbons (Fsp3) is 0.333. The molecule has 1 amide bonds. The number of hydrogen-bond acceptors (Lipinski definition) is 4. The summed E-state index contributed by atoms with van der Waals surface area (Å²) >= 11 is 0. The van der Waals surface area contributed by atoms with Crippen molar-refractivity contribution >= 4 is 17.4 Å². The van der Waals surface area contributed by atoms with E-state index in [9.17, 15) is 9.59 Å². The highest BCUT2D eigenvalue weighted by Gasteiger charge is 2.19. The zero-order chi connectivity index (χ0) is 13.0. The second kappa shape index (κ2) is 5.34. The first-order valence-corrected chi connectivity index (χ1v) is 5.02. The van der Waals surface area contributed by atoms with Crippen LogP contribution < -0.4 is 14.4 Å². The van der Waals surface area contributed by atoms with Crippen molar-refractivity contribution in [3.63, 3.8) is 0 Å². The maximum atomic E-state index is 11.6. The minimum Gasteiger partial charge on any atom is -0.497 e. The maximum Gasteiger partial charge on any atom is 0.293 e. The van der Waals surface area contributed by atoms with E-state index < -0.39 is 11.7 Å². The molecule has 5 heteroatoms. The van der Waals surface area contributed by atoms with Crippen LogP contribution in [0.2, 0.25) is 0 Å². The Morgan fingerprint density at radius 1 is 1.18 bits per heavy atom. The maximum absolute atomic E-state index is 11.6. The van der Waals surface area contributed by atoms with Gasteiger partial charge in [-0.3, -0.25) is 9.59 Å². The van der Waals surface area contributed by atoms with Crippen molar-refractivity contribution in [2.24, 2.45) is 0 Å². The van der Waals surface area contributed by atoms with Crippen LogP contribution in [0.3, 0.4) is 0 Å². The third kappa shape index (κ3) is 2.75. The van der Waals surface area contributed by atoms with E-state index >= 15 is 0 Å². The highest BCUT2D eigenvalue weighted by atomic mass is 16.5. The Morgan fingerprint density at radius 2 is 1.82 bits per heavy atom. The molecule has 1 aromatic rings. The van der Waals surface area contributed by atoms with Gasteiger partial charge < -0.3 is 14.4 Å². The molecule has 0 aliphatic rings. The van der Waals surface area contributed by atoms with Crippen LogP contribution in [0.4, 0.5) is 5.69 Å². The van der Waals surface area contributed by atoms with Crippen LogP contribution in [0.5, 0.6) is 11.5 Å². The fourth-order valence-corrected chi connectivity index (χ4v) is 1.40.